The van der Waals surface area contributed by atoms with Gasteiger partial charge in [-0.2, -0.15) is 0 Å². The quantitative estimate of drug-likeness (QED) is 0.461. The second-order valence-electron chi connectivity index (χ2n) is 8.37. The molecule has 0 atom stereocenters. The van der Waals surface area contributed by atoms with Crippen LogP contribution in [0.2, 0.25) is 0 Å². The Labute approximate surface area is 193 Å². The number of hydrogen-bond donors (Lipinski definition) is 1. The molecular weight excluding hydrogens is 466 g/mol. The molecule has 1 aromatic carbocycles. The largest absolute Gasteiger partial charge is 0.496 e. The molecule has 0 unspecified atom stereocenters. The highest BCUT2D eigenvalue weighted by atomic mass is 79.9. The first-order valence-electron chi connectivity index (χ1n) is 10.8. The molecule has 174 valence electrons. The first-order valence-corrected chi connectivity index (χ1v) is 11.6. The monoisotopic (exact) mass is 499 g/mol. The van der Waals surface area contributed by atoms with Gasteiger partial charge in [0.25, 0.3) is 0 Å². The molecule has 0 saturated heterocycles. The van der Waals surface area contributed by atoms with Crippen molar-refractivity contribution in [2.75, 3.05) is 34.0 Å². The van der Waals surface area contributed by atoms with E-state index in [4.69, 9.17) is 18.9 Å². The topological polar surface area (TPSA) is 83.1 Å². The zero-order valence-electron chi connectivity index (χ0n) is 18.9. The molecule has 1 aliphatic rings. The van der Waals surface area contributed by atoms with Crippen molar-refractivity contribution >= 4 is 28.0 Å². The fraction of sp³-hybridized carbons (Fsp3) is 0.652. The van der Waals surface area contributed by atoms with E-state index in [1.165, 1.54) is 0 Å². The molecule has 1 aromatic rings. The van der Waals surface area contributed by atoms with Gasteiger partial charge in [-0.05, 0) is 52.9 Å². The summed E-state index contributed by atoms with van der Waals surface area (Å²) in [6.07, 6.45) is 5.14. The number of hydrogen-bond acceptors (Lipinski definition) is 6. The number of nitrogens with one attached hydrogen (secondary N) is 1. The van der Waals surface area contributed by atoms with Gasteiger partial charge in [0.2, 0.25) is 0 Å². The fourth-order valence-corrected chi connectivity index (χ4v) is 4.20. The Morgan fingerprint density at radius 1 is 1.03 bits per heavy atom. The minimum Gasteiger partial charge on any atom is -0.496 e. The molecule has 1 saturated carbocycles. The van der Waals surface area contributed by atoms with Crippen LogP contribution in [0.15, 0.2) is 16.6 Å². The van der Waals surface area contributed by atoms with Crippen molar-refractivity contribution in [1.29, 1.82) is 0 Å². The Bertz CT molecular complexity index is 746. The van der Waals surface area contributed by atoms with E-state index in [0.717, 1.165) is 47.9 Å². The number of esters is 1. The van der Waals surface area contributed by atoms with E-state index in [1.807, 2.05) is 26.0 Å². The van der Waals surface area contributed by atoms with Crippen molar-refractivity contribution in [3.05, 3.63) is 22.2 Å². The summed E-state index contributed by atoms with van der Waals surface area (Å²) in [5.74, 6) is 1.04. The Kier molecular flexibility index (Phi) is 9.93. The van der Waals surface area contributed by atoms with Gasteiger partial charge in [-0.25, -0.2) is 4.79 Å². The highest BCUT2D eigenvalue weighted by Gasteiger charge is 2.35. The summed E-state index contributed by atoms with van der Waals surface area (Å²) < 4.78 is 22.6. The Hall–Kier alpha value is -1.96. The molecule has 0 radical (unpaired) electrons. The molecular formula is C23H34BrNO6. The predicted octanol–water partition coefficient (Wildman–Crippen LogP) is 4.88. The van der Waals surface area contributed by atoms with Crippen LogP contribution >= 0.6 is 15.9 Å². The Balaban J connectivity index is 1.86. The summed E-state index contributed by atoms with van der Waals surface area (Å²) >= 11 is 3.44. The summed E-state index contributed by atoms with van der Waals surface area (Å²) in [6, 6.07) is 3.73. The molecule has 7 nitrogen and oxygen atoms in total. The maximum atomic E-state index is 12.3. The first kappa shape index (κ1) is 25.3. The van der Waals surface area contributed by atoms with Crippen LogP contribution in [0.4, 0.5) is 4.79 Å². The molecule has 31 heavy (non-hydrogen) atoms. The van der Waals surface area contributed by atoms with Gasteiger partial charge in [-0.1, -0.05) is 33.1 Å². The van der Waals surface area contributed by atoms with Crippen LogP contribution in [0, 0.1) is 11.3 Å². The first-order chi connectivity index (χ1) is 14.8. The van der Waals surface area contributed by atoms with Crippen LogP contribution in [-0.4, -0.2) is 46.0 Å². The molecule has 0 spiro atoms. The Morgan fingerprint density at radius 3 is 2.29 bits per heavy atom. The maximum Gasteiger partial charge on any atom is 0.407 e. The lowest BCUT2D eigenvalue weighted by Gasteiger charge is -2.36. The number of alkyl carbamates (subject to hydrolysis) is 1. The molecule has 0 bridgehead atoms. The molecule has 1 aliphatic carbocycles. The summed E-state index contributed by atoms with van der Waals surface area (Å²) in [5.41, 5.74) is 0.634. The number of benzene rings is 1. The number of ether oxygens (including phenoxy) is 4. The van der Waals surface area contributed by atoms with Gasteiger partial charge in [0.15, 0.2) is 0 Å². The third kappa shape index (κ3) is 7.59. The molecule has 0 aromatic heterocycles. The zero-order chi connectivity index (χ0) is 22.9. The minimum absolute atomic E-state index is 0.168. The van der Waals surface area contributed by atoms with Crippen LogP contribution in [0.25, 0.3) is 0 Å². The molecule has 1 fully saturated rings. The van der Waals surface area contributed by atoms with Gasteiger partial charge in [-0.15, -0.1) is 0 Å². The number of carbonyl (C=O) groups excluding carboxylic acids is 2. The molecule has 2 rings (SSSR count). The van der Waals surface area contributed by atoms with Crippen LogP contribution < -0.4 is 14.8 Å². The second-order valence-corrected chi connectivity index (χ2v) is 9.23. The highest BCUT2D eigenvalue weighted by Crippen LogP contribution is 2.37. The van der Waals surface area contributed by atoms with E-state index in [-0.39, 0.29) is 23.9 Å². The van der Waals surface area contributed by atoms with E-state index in [2.05, 4.69) is 21.2 Å². The van der Waals surface area contributed by atoms with Gasteiger partial charge in [0.05, 0.1) is 24.6 Å². The third-order valence-corrected chi connectivity index (χ3v) is 6.25. The summed E-state index contributed by atoms with van der Waals surface area (Å²) in [4.78, 5) is 24.2. The van der Waals surface area contributed by atoms with E-state index in [1.54, 1.807) is 14.2 Å². The molecule has 0 heterocycles. The van der Waals surface area contributed by atoms with Gasteiger partial charge in [0, 0.05) is 12.0 Å². The summed E-state index contributed by atoms with van der Waals surface area (Å²) in [5, 5.41) is 2.80. The second kappa shape index (κ2) is 12.2. The van der Waals surface area contributed by atoms with Crippen molar-refractivity contribution in [3.8, 4) is 11.5 Å². The van der Waals surface area contributed by atoms with E-state index < -0.39 is 6.09 Å². The SMILES string of the molecule is COc1cc(CCNC(=O)OCC2(COC(=O)C(C)C)CCCCC2)c(OC)cc1Br. The Morgan fingerprint density at radius 2 is 1.68 bits per heavy atom. The van der Waals surface area contributed by atoms with Gasteiger partial charge in [0.1, 0.15) is 24.7 Å². The molecule has 0 aliphatic heterocycles. The standard InChI is InChI=1S/C23H34BrNO6/c1-16(2)21(26)30-14-23(9-6-5-7-10-23)15-31-22(27)25-11-8-17-12-20(29-4)18(24)13-19(17)28-3/h12-13,16H,5-11,14-15H2,1-4H3,(H,25,27). The van der Waals surface area contributed by atoms with Crippen molar-refractivity contribution in [2.24, 2.45) is 11.3 Å². The summed E-state index contributed by atoms with van der Waals surface area (Å²) in [7, 11) is 3.21. The van der Waals surface area contributed by atoms with Crippen LogP contribution in [0.5, 0.6) is 11.5 Å². The zero-order valence-corrected chi connectivity index (χ0v) is 20.5. The van der Waals surface area contributed by atoms with Crippen molar-refractivity contribution in [3.63, 3.8) is 0 Å². The van der Waals surface area contributed by atoms with Crippen molar-refractivity contribution in [1.82, 2.24) is 5.32 Å². The van der Waals surface area contributed by atoms with Crippen molar-refractivity contribution < 1.29 is 28.5 Å². The number of amides is 1. The van der Waals surface area contributed by atoms with E-state index in [0.29, 0.717) is 25.3 Å². The van der Waals surface area contributed by atoms with Gasteiger partial charge in [-0.3, -0.25) is 4.79 Å². The van der Waals surface area contributed by atoms with Crippen LogP contribution in [0.1, 0.15) is 51.5 Å². The smallest absolute Gasteiger partial charge is 0.407 e. The lowest BCUT2D eigenvalue weighted by Crippen LogP contribution is -2.38. The lowest BCUT2D eigenvalue weighted by atomic mass is 9.75. The predicted molar refractivity (Wildman–Crippen MR) is 122 cm³/mol. The maximum absolute atomic E-state index is 12.3. The fourth-order valence-electron chi connectivity index (χ4n) is 3.71. The normalized spacial score (nSPS) is 15.3. The third-order valence-electron chi connectivity index (χ3n) is 5.63. The number of methoxy groups -OCH3 is 2. The molecule has 1 amide bonds. The summed E-state index contributed by atoms with van der Waals surface area (Å²) in [6.45, 7) is 4.58. The van der Waals surface area contributed by atoms with Gasteiger partial charge >= 0.3 is 12.1 Å². The average molecular weight is 500 g/mol. The van der Waals surface area contributed by atoms with Crippen molar-refractivity contribution in [2.45, 2.75) is 52.4 Å². The van der Waals surface area contributed by atoms with Gasteiger partial charge < -0.3 is 24.3 Å². The minimum atomic E-state index is -0.469. The van der Waals surface area contributed by atoms with Crippen LogP contribution in [0.3, 0.4) is 0 Å². The van der Waals surface area contributed by atoms with Crippen LogP contribution in [-0.2, 0) is 20.7 Å². The van der Waals surface area contributed by atoms with E-state index >= 15 is 0 Å². The van der Waals surface area contributed by atoms with E-state index in [9.17, 15) is 9.59 Å². The number of carbonyl (C=O) groups is 2. The highest BCUT2D eigenvalue weighted by molar-refractivity contribution is 9.10. The molecule has 8 heteroatoms. The average Bonchev–Trinajstić information content (AvgIpc) is 2.77. The number of halogens is 1. The number of rotatable bonds is 10. The molecule has 1 N–H and O–H groups in total. The lowest BCUT2D eigenvalue weighted by molar-refractivity contribution is -0.153.